The highest BCUT2D eigenvalue weighted by Gasteiger charge is 2.28. The average Bonchev–Trinajstić information content (AvgIpc) is 3.22. The zero-order valence-electron chi connectivity index (χ0n) is 17.5. The summed E-state index contributed by atoms with van der Waals surface area (Å²) in [4.78, 5) is 33.9. The first kappa shape index (κ1) is 22.6. The van der Waals surface area contributed by atoms with Crippen molar-refractivity contribution in [2.45, 2.75) is 25.4 Å². The van der Waals surface area contributed by atoms with Crippen LogP contribution in [0.2, 0.25) is 0 Å². The number of carbonyl (C=O) groups is 2. The quantitative estimate of drug-likeness (QED) is 0.644. The van der Waals surface area contributed by atoms with E-state index in [1.54, 1.807) is 22.4 Å². The minimum atomic E-state index is -0.318. The van der Waals surface area contributed by atoms with Crippen molar-refractivity contribution in [1.82, 2.24) is 15.1 Å². The minimum Gasteiger partial charge on any atom is -0.355 e. The van der Waals surface area contributed by atoms with Gasteiger partial charge in [0, 0.05) is 31.6 Å². The summed E-state index contributed by atoms with van der Waals surface area (Å²) in [6, 6.07) is 9.49. The first-order valence-electron chi connectivity index (χ1n) is 10.0. The molecule has 1 aliphatic heterocycles. The van der Waals surface area contributed by atoms with Crippen molar-refractivity contribution < 1.29 is 9.59 Å². The van der Waals surface area contributed by atoms with Crippen LogP contribution in [0.1, 0.15) is 44.0 Å². The molecule has 3 rings (SSSR count). The van der Waals surface area contributed by atoms with E-state index in [9.17, 15) is 14.9 Å². The molecule has 1 aromatic carbocycles. The number of amides is 2. The Morgan fingerprint density at radius 3 is 2.90 bits per heavy atom. The van der Waals surface area contributed by atoms with E-state index < -0.39 is 0 Å². The van der Waals surface area contributed by atoms with Crippen molar-refractivity contribution in [3.63, 3.8) is 0 Å². The fraction of sp³-hybridized carbons (Fsp3) is 0.364. The lowest BCUT2D eigenvalue weighted by atomic mass is 10.1. The molecule has 1 aromatic heterocycles. The zero-order chi connectivity index (χ0) is 22.4. The number of nitrogens with zero attached hydrogens (tertiary/aromatic N) is 4. The number of nitrogens with two attached hydrogens (primary N) is 1. The highest BCUT2D eigenvalue weighted by Crippen LogP contribution is 2.32. The number of hydrogen-bond donors (Lipinski definition) is 2. The number of rotatable bonds is 7. The van der Waals surface area contributed by atoms with Crippen LogP contribution in [0, 0.1) is 11.3 Å². The van der Waals surface area contributed by atoms with E-state index in [1.807, 2.05) is 12.1 Å². The second kappa shape index (κ2) is 10.3. The maximum absolute atomic E-state index is 13.6. The largest absolute Gasteiger partial charge is 0.355 e. The molecular formula is C22H26N6O2S. The van der Waals surface area contributed by atoms with Crippen molar-refractivity contribution in [2.75, 3.05) is 26.8 Å². The number of thiophene rings is 1. The Morgan fingerprint density at radius 2 is 2.23 bits per heavy atom. The standard InChI is InChI=1S/C22H26N6O2S/c1-25-19-18(21(29)26-2)13-31-20(19)22(30)28(14-27-9-5-8-17(24)12-27)11-16-7-4-3-6-15(16)10-23/h3-4,6-7,13,17H,1,5,8-9,11-12,14,24H2,2H3,(H,26,29)/t17-/m1/s1. The van der Waals surface area contributed by atoms with Gasteiger partial charge in [0.15, 0.2) is 0 Å². The van der Waals surface area contributed by atoms with Gasteiger partial charge in [-0.15, -0.1) is 11.3 Å². The number of piperidine rings is 1. The number of aliphatic imine (C=N–C) groups is 1. The lowest BCUT2D eigenvalue weighted by molar-refractivity contribution is 0.0561. The van der Waals surface area contributed by atoms with Crippen molar-refractivity contribution in [2.24, 2.45) is 10.7 Å². The van der Waals surface area contributed by atoms with E-state index in [1.165, 1.54) is 18.4 Å². The molecule has 0 unspecified atom stereocenters. The Balaban J connectivity index is 1.94. The Labute approximate surface area is 186 Å². The van der Waals surface area contributed by atoms with E-state index >= 15 is 0 Å². The van der Waals surface area contributed by atoms with Crippen LogP contribution in [-0.2, 0) is 6.54 Å². The van der Waals surface area contributed by atoms with Gasteiger partial charge in [-0.3, -0.25) is 19.5 Å². The molecule has 8 nitrogen and oxygen atoms in total. The van der Waals surface area contributed by atoms with Crippen molar-refractivity contribution >= 4 is 35.6 Å². The average molecular weight is 439 g/mol. The van der Waals surface area contributed by atoms with Gasteiger partial charge in [-0.25, -0.2) is 0 Å². The molecule has 162 valence electrons. The summed E-state index contributed by atoms with van der Waals surface area (Å²) in [6.45, 7) is 5.73. The SMILES string of the molecule is C=Nc1c(C(=O)NC)csc1C(=O)N(Cc1ccccc1C#N)CN1CCC[C@@H](N)C1. The summed E-state index contributed by atoms with van der Waals surface area (Å²) < 4.78 is 0. The molecular weight excluding hydrogens is 412 g/mol. The van der Waals surface area contributed by atoms with Crippen LogP contribution < -0.4 is 11.1 Å². The smallest absolute Gasteiger partial charge is 0.267 e. The Kier molecular flexibility index (Phi) is 7.52. The molecule has 31 heavy (non-hydrogen) atoms. The van der Waals surface area contributed by atoms with Crippen LogP contribution in [0.5, 0.6) is 0 Å². The molecule has 2 heterocycles. The Hall–Kier alpha value is -3.06. The first-order chi connectivity index (χ1) is 15.0. The molecule has 0 radical (unpaired) electrons. The molecule has 9 heteroatoms. The zero-order valence-corrected chi connectivity index (χ0v) is 18.3. The molecule has 0 spiro atoms. The van der Waals surface area contributed by atoms with Crippen LogP contribution in [0.15, 0.2) is 34.6 Å². The van der Waals surface area contributed by atoms with Gasteiger partial charge >= 0.3 is 0 Å². The molecule has 2 aromatic rings. The van der Waals surface area contributed by atoms with Crippen LogP contribution in [0.3, 0.4) is 0 Å². The molecule has 3 N–H and O–H groups in total. The van der Waals surface area contributed by atoms with E-state index in [0.717, 1.165) is 24.9 Å². The van der Waals surface area contributed by atoms with Gasteiger partial charge in [-0.1, -0.05) is 18.2 Å². The maximum atomic E-state index is 13.6. The lowest BCUT2D eigenvalue weighted by Gasteiger charge is -2.35. The molecule has 0 bridgehead atoms. The van der Waals surface area contributed by atoms with Gasteiger partial charge in [0.05, 0.1) is 29.6 Å². The van der Waals surface area contributed by atoms with Crippen LogP contribution in [0.25, 0.3) is 0 Å². The molecule has 1 fully saturated rings. The molecule has 0 saturated carbocycles. The van der Waals surface area contributed by atoms with E-state index in [-0.39, 0.29) is 30.1 Å². The van der Waals surface area contributed by atoms with Gasteiger partial charge in [0.25, 0.3) is 11.8 Å². The summed E-state index contributed by atoms with van der Waals surface area (Å²) in [5.41, 5.74) is 8.02. The van der Waals surface area contributed by atoms with E-state index in [0.29, 0.717) is 29.2 Å². The molecule has 1 aliphatic rings. The summed E-state index contributed by atoms with van der Waals surface area (Å²) in [6.07, 6.45) is 1.93. The third-order valence-electron chi connectivity index (χ3n) is 5.29. The predicted molar refractivity (Wildman–Crippen MR) is 122 cm³/mol. The number of nitriles is 1. The van der Waals surface area contributed by atoms with Gasteiger partial charge in [0.1, 0.15) is 4.88 Å². The molecule has 2 amide bonds. The Bertz CT molecular complexity index is 1010. The van der Waals surface area contributed by atoms with E-state index in [2.05, 4.69) is 28.0 Å². The Morgan fingerprint density at radius 1 is 1.45 bits per heavy atom. The topological polar surface area (TPSA) is 115 Å². The predicted octanol–water partition coefficient (Wildman–Crippen LogP) is 2.33. The summed E-state index contributed by atoms with van der Waals surface area (Å²) in [5, 5.41) is 13.6. The van der Waals surface area contributed by atoms with E-state index in [4.69, 9.17) is 5.73 Å². The number of carbonyl (C=O) groups excluding carboxylic acids is 2. The second-order valence-electron chi connectivity index (χ2n) is 7.46. The summed E-state index contributed by atoms with van der Waals surface area (Å²) >= 11 is 1.17. The highest BCUT2D eigenvalue weighted by atomic mass is 32.1. The maximum Gasteiger partial charge on any atom is 0.267 e. The van der Waals surface area contributed by atoms with Gasteiger partial charge in [-0.2, -0.15) is 5.26 Å². The summed E-state index contributed by atoms with van der Waals surface area (Å²) in [5.74, 6) is -0.574. The van der Waals surface area contributed by atoms with Crippen molar-refractivity contribution in [1.29, 1.82) is 5.26 Å². The van der Waals surface area contributed by atoms with Gasteiger partial charge in [-0.05, 0) is 37.7 Å². The van der Waals surface area contributed by atoms with Crippen LogP contribution in [0.4, 0.5) is 5.69 Å². The van der Waals surface area contributed by atoms with Crippen molar-refractivity contribution in [3.05, 3.63) is 51.2 Å². The molecule has 0 aliphatic carbocycles. The normalized spacial score (nSPS) is 16.4. The fourth-order valence-electron chi connectivity index (χ4n) is 3.72. The number of hydrogen-bond acceptors (Lipinski definition) is 7. The fourth-order valence-corrected chi connectivity index (χ4v) is 4.69. The molecule has 1 saturated heterocycles. The number of benzene rings is 1. The van der Waals surface area contributed by atoms with Gasteiger partial charge < -0.3 is 16.0 Å². The number of likely N-dealkylation sites (tertiary alicyclic amines) is 1. The highest BCUT2D eigenvalue weighted by molar-refractivity contribution is 7.13. The minimum absolute atomic E-state index is 0.0732. The number of nitrogens with one attached hydrogen (secondary N) is 1. The second-order valence-corrected chi connectivity index (χ2v) is 8.34. The van der Waals surface area contributed by atoms with Crippen molar-refractivity contribution in [3.8, 4) is 6.07 Å². The third-order valence-corrected chi connectivity index (χ3v) is 6.25. The van der Waals surface area contributed by atoms with Crippen LogP contribution >= 0.6 is 11.3 Å². The third kappa shape index (κ3) is 5.17. The monoisotopic (exact) mass is 438 g/mol. The molecule has 1 atom stereocenters. The van der Waals surface area contributed by atoms with Crippen LogP contribution in [-0.4, -0.2) is 61.2 Å². The first-order valence-corrected chi connectivity index (χ1v) is 10.9. The lowest BCUT2D eigenvalue weighted by Crippen LogP contribution is -2.48. The van der Waals surface area contributed by atoms with Gasteiger partial charge in [0.2, 0.25) is 0 Å². The summed E-state index contributed by atoms with van der Waals surface area (Å²) in [7, 11) is 1.53.